The quantitative estimate of drug-likeness (QED) is 0.900. The highest BCUT2D eigenvalue weighted by molar-refractivity contribution is 5.39. The van der Waals surface area contributed by atoms with E-state index >= 15 is 0 Å². The van der Waals surface area contributed by atoms with Gasteiger partial charge in [-0.05, 0) is 45.0 Å². The highest BCUT2D eigenvalue weighted by Crippen LogP contribution is 2.20. The average Bonchev–Trinajstić information content (AvgIpc) is 2.73. The van der Waals surface area contributed by atoms with Crippen LogP contribution >= 0.6 is 0 Å². The largest absolute Gasteiger partial charge is 0.494 e. The molecule has 0 saturated carbocycles. The topological polar surface area (TPSA) is 53.1 Å². The van der Waals surface area contributed by atoms with Crippen molar-refractivity contribution in [2.45, 2.75) is 26.8 Å². The first-order valence-corrected chi connectivity index (χ1v) is 6.16. The minimum atomic E-state index is 0.00134. The van der Waals surface area contributed by atoms with Crippen molar-refractivity contribution in [3.63, 3.8) is 0 Å². The first-order chi connectivity index (χ1) is 8.63. The zero-order valence-electron chi connectivity index (χ0n) is 11.1. The van der Waals surface area contributed by atoms with Gasteiger partial charge in [-0.15, -0.1) is 0 Å². The van der Waals surface area contributed by atoms with E-state index < -0.39 is 0 Å². The fourth-order valence-corrected chi connectivity index (χ4v) is 1.98. The monoisotopic (exact) mass is 245 g/mol. The Labute approximate surface area is 107 Å². The van der Waals surface area contributed by atoms with Crippen LogP contribution in [0, 0.1) is 6.92 Å². The summed E-state index contributed by atoms with van der Waals surface area (Å²) < 4.78 is 7.32. The molecule has 0 aliphatic carbocycles. The van der Waals surface area contributed by atoms with Gasteiger partial charge in [-0.1, -0.05) is 0 Å². The minimum absolute atomic E-state index is 0.00134. The van der Waals surface area contributed by atoms with Crippen LogP contribution in [0.15, 0.2) is 30.5 Å². The van der Waals surface area contributed by atoms with Gasteiger partial charge in [0.15, 0.2) is 0 Å². The Morgan fingerprint density at radius 2 is 2.00 bits per heavy atom. The SMILES string of the molecule is CCOc1ccc(-n2ncc(C(C)N)c2C)cc1. The normalized spacial score (nSPS) is 12.4. The van der Waals surface area contributed by atoms with E-state index in [0.29, 0.717) is 6.61 Å². The fourth-order valence-electron chi connectivity index (χ4n) is 1.98. The number of ether oxygens (including phenoxy) is 1. The summed E-state index contributed by atoms with van der Waals surface area (Å²) >= 11 is 0. The Hall–Kier alpha value is -1.81. The van der Waals surface area contributed by atoms with E-state index in [1.165, 1.54) is 0 Å². The fraction of sp³-hybridized carbons (Fsp3) is 0.357. The molecule has 1 unspecified atom stereocenters. The van der Waals surface area contributed by atoms with Crippen LogP contribution in [-0.4, -0.2) is 16.4 Å². The smallest absolute Gasteiger partial charge is 0.119 e. The van der Waals surface area contributed by atoms with Crippen molar-refractivity contribution in [2.24, 2.45) is 5.73 Å². The third kappa shape index (κ3) is 2.38. The molecule has 96 valence electrons. The highest BCUT2D eigenvalue weighted by Gasteiger charge is 2.10. The van der Waals surface area contributed by atoms with E-state index in [0.717, 1.165) is 22.7 Å². The summed E-state index contributed by atoms with van der Waals surface area (Å²) in [5.74, 6) is 0.874. The lowest BCUT2D eigenvalue weighted by Gasteiger charge is -2.08. The van der Waals surface area contributed by atoms with Crippen molar-refractivity contribution in [3.8, 4) is 11.4 Å². The Kier molecular flexibility index (Phi) is 3.67. The van der Waals surface area contributed by atoms with Gasteiger partial charge in [-0.25, -0.2) is 4.68 Å². The van der Waals surface area contributed by atoms with Crippen LogP contribution in [0.3, 0.4) is 0 Å². The van der Waals surface area contributed by atoms with E-state index in [1.54, 1.807) is 0 Å². The molecule has 0 fully saturated rings. The molecule has 18 heavy (non-hydrogen) atoms. The molecule has 1 atom stereocenters. The van der Waals surface area contributed by atoms with Crippen molar-refractivity contribution >= 4 is 0 Å². The van der Waals surface area contributed by atoms with Gasteiger partial charge in [0.05, 0.1) is 18.5 Å². The minimum Gasteiger partial charge on any atom is -0.494 e. The summed E-state index contributed by atoms with van der Waals surface area (Å²) in [5.41, 5.74) is 9.06. The molecule has 4 nitrogen and oxygen atoms in total. The molecule has 1 heterocycles. The van der Waals surface area contributed by atoms with E-state index in [2.05, 4.69) is 5.10 Å². The Morgan fingerprint density at radius 3 is 2.50 bits per heavy atom. The van der Waals surface area contributed by atoms with Gasteiger partial charge < -0.3 is 10.5 Å². The molecule has 0 radical (unpaired) electrons. The van der Waals surface area contributed by atoms with Crippen molar-refractivity contribution in [1.82, 2.24) is 9.78 Å². The van der Waals surface area contributed by atoms with Gasteiger partial charge >= 0.3 is 0 Å². The number of nitrogens with two attached hydrogens (primary N) is 1. The zero-order chi connectivity index (χ0) is 13.1. The lowest BCUT2D eigenvalue weighted by Crippen LogP contribution is -2.07. The number of hydrogen-bond acceptors (Lipinski definition) is 3. The van der Waals surface area contributed by atoms with Gasteiger partial charge in [0.1, 0.15) is 5.75 Å². The first-order valence-electron chi connectivity index (χ1n) is 6.16. The molecule has 2 rings (SSSR count). The summed E-state index contributed by atoms with van der Waals surface area (Å²) in [5, 5.41) is 4.38. The molecule has 2 N–H and O–H groups in total. The maximum atomic E-state index is 5.90. The number of rotatable bonds is 4. The molecule has 2 aromatic rings. The molecule has 0 aliphatic heterocycles. The van der Waals surface area contributed by atoms with Crippen LogP contribution in [0.2, 0.25) is 0 Å². The standard InChI is InChI=1S/C14H19N3O/c1-4-18-13-7-5-12(6-8-13)17-11(3)14(9-16-17)10(2)15/h5-10H,4,15H2,1-3H3. The number of nitrogens with zero attached hydrogens (tertiary/aromatic N) is 2. The van der Waals surface area contributed by atoms with E-state index in [9.17, 15) is 0 Å². The third-order valence-electron chi connectivity index (χ3n) is 2.93. The number of aromatic nitrogens is 2. The summed E-state index contributed by atoms with van der Waals surface area (Å²) in [6.45, 7) is 6.64. The van der Waals surface area contributed by atoms with Crippen LogP contribution in [-0.2, 0) is 0 Å². The van der Waals surface area contributed by atoms with Gasteiger partial charge in [-0.2, -0.15) is 5.10 Å². The highest BCUT2D eigenvalue weighted by atomic mass is 16.5. The van der Waals surface area contributed by atoms with Crippen molar-refractivity contribution in [1.29, 1.82) is 0 Å². The number of hydrogen-bond donors (Lipinski definition) is 1. The second-order valence-electron chi connectivity index (χ2n) is 4.31. The Bertz CT molecular complexity index is 514. The molecule has 0 aliphatic rings. The van der Waals surface area contributed by atoms with E-state index in [-0.39, 0.29) is 6.04 Å². The second kappa shape index (κ2) is 5.23. The molecule has 1 aromatic carbocycles. The molecule has 0 amide bonds. The molecule has 4 heteroatoms. The van der Waals surface area contributed by atoms with Crippen LogP contribution in [0.4, 0.5) is 0 Å². The van der Waals surface area contributed by atoms with Gasteiger partial charge in [-0.3, -0.25) is 0 Å². The van der Waals surface area contributed by atoms with Crippen molar-refractivity contribution < 1.29 is 4.74 Å². The first kappa shape index (κ1) is 12.6. The predicted molar refractivity (Wildman–Crippen MR) is 72.1 cm³/mol. The summed E-state index contributed by atoms with van der Waals surface area (Å²) in [6.07, 6.45) is 1.83. The summed E-state index contributed by atoms with van der Waals surface area (Å²) in [6, 6.07) is 7.89. The molecule has 0 spiro atoms. The molecule has 1 aromatic heterocycles. The van der Waals surface area contributed by atoms with Crippen LogP contribution in [0.1, 0.15) is 31.1 Å². The van der Waals surface area contributed by atoms with Crippen LogP contribution < -0.4 is 10.5 Å². The lowest BCUT2D eigenvalue weighted by atomic mass is 10.1. The predicted octanol–water partition coefficient (Wildman–Crippen LogP) is 2.60. The van der Waals surface area contributed by atoms with E-state index in [1.807, 2.05) is 55.9 Å². The molecule has 0 bridgehead atoms. The number of benzene rings is 1. The summed E-state index contributed by atoms with van der Waals surface area (Å²) in [7, 11) is 0. The van der Waals surface area contributed by atoms with E-state index in [4.69, 9.17) is 10.5 Å². The van der Waals surface area contributed by atoms with Crippen molar-refractivity contribution in [3.05, 3.63) is 41.7 Å². The van der Waals surface area contributed by atoms with Gasteiger partial charge in [0.25, 0.3) is 0 Å². The maximum absolute atomic E-state index is 5.90. The van der Waals surface area contributed by atoms with Gasteiger partial charge in [0.2, 0.25) is 0 Å². The molecular weight excluding hydrogens is 226 g/mol. The lowest BCUT2D eigenvalue weighted by molar-refractivity contribution is 0.340. The Morgan fingerprint density at radius 1 is 1.33 bits per heavy atom. The Balaban J connectivity index is 2.31. The maximum Gasteiger partial charge on any atom is 0.119 e. The second-order valence-corrected chi connectivity index (χ2v) is 4.31. The van der Waals surface area contributed by atoms with Gasteiger partial charge in [0, 0.05) is 17.3 Å². The third-order valence-corrected chi connectivity index (χ3v) is 2.93. The van der Waals surface area contributed by atoms with Crippen LogP contribution in [0.25, 0.3) is 5.69 Å². The zero-order valence-corrected chi connectivity index (χ0v) is 11.1. The summed E-state index contributed by atoms with van der Waals surface area (Å²) in [4.78, 5) is 0. The average molecular weight is 245 g/mol. The molecule has 0 saturated heterocycles. The van der Waals surface area contributed by atoms with Crippen LogP contribution in [0.5, 0.6) is 5.75 Å². The molecular formula is C14H19N3O. The van der Waals surface area contributed by atoms with Crippen molar-refractivity contribution in [2.75, 3.05) is 6.61 Å².